The molecule has 0 spiro atoms. The molecule has 2 atom stereocenters. The van der Waals surface area contributed by atoms with Gasteiger partial charge in [-0.1, -0.05) is 37.6 Å². The maximum Gasteiger partial charge on any atom is 0.0946 e. The van der Waals surface area contributed by atoms with Gasteiger partial charge in [0, 0.05) is 18.9 Å². The molecular weight excluding hydrogens is 196 g/mol. The van der Waals surface area contributed by atoms with E-state index >= 15 is 0 Å². The van der Waals surface area contributed by atoms with Gasteiger partial charge in [-0.2, -0.15) is 0 Å². The van der Waals surface area contributed by atoms with Crippen molar-refractivity contribution in [1.29, 1.82) is 0 Å². The standard InChI is InChI=1S/C14H20N2/c1-3-12(2)14-6-4-5-13(9-14)10-16-8-7-15-11-16/h4-8,11-13H,3,9-10H2,1-2H3. The Kier molecular flexibility index (Phi) is 3.60. The predicted octanol–water partition coefficient (Wildman–Crippen LogP) is 3.43. The zero-order valence-electron chi connectivity index (χ0n) is 10.1. The van der Waals surface area contributed by atoms with Gasteiger partial charge in [0.05, 0.1) is 6.33 Å². The van der Waals surface area contributed by atoms with Crippen LogP contribution in [0.4, 0.5) is 0 Å². The minimum absolute atomic E-state index is 0.628. The Labute approximate surface area is 97.7 Å². The minimum atomic E-state index is 0.628. The van der Waals surface area contributed by atoms with Gasteiger partial charge in [0.2, 0.25) is 0 Å². The lowest BCUT2D eigenvalue weighted by Gasteiger charge is -2.22. The van der Waals surface area contributed by atoms with Gasteiger partial charge >= 0.3 is 0 Å². The molecule has 1 aliphatic rings. The Morgan fingerprint density at radius 2 is 2.44 bits per heavy atom. The normalized spacial score (nSPS) is 21.9. The first-order valence-corrected chi connectivity index (χ1v) is 6.12. The van der Waals surface area contributed by atoms with Gasteiger partial charge in [0.25, 0.3) is 0 Å². The van der Waals surface area contributed by atoms with E-state index < -0.39 is 0 Å². The highest BCUT2D eigenvalue weighted by Gasteiger charge is 2.15. The number of aromatic nitrogens is 2. The van der Waals surface area contributed by atoms with Crippen molar-refractivity contribution < 1.29 is 0 Å². The largest absolute Gasteiger partial charge is 0.337 e. The van der Waals surface area contributed by atoms with Gasteiger partial charge in [-0.3, -0.25) is 0 Å². The van der Waals surface area contributed by atoms with E-state index in [2.05, 4.69) is 41.6 Å². The van der Waals surface area contributed by atoms with Crippen LogP contribution in [0.1, 0.15) is 26.7 Å². The Morgan fingerprint density at radius 1 is 1.56 bits per heavy atom. The Morgan fingerprint density at radius 3 is 3.12 bits per heavy atom. The summed E-state index contributed by atoms with van der Waals surface area (Å²) in [6.07, 6.45) is 15.0. The third-order valence-corrected chi connectivity index (χ3v) is 3.44. The highest BCUT2D eigenvalue weighted by Crippen LogP contribution is 2.27. The van der Waals surface area contributed by atoms with Crippen LogP contribution < -0.4 is 0 Å². The van der Waals surface area contributed by atoms with Crippen molar-refractivity contribution in [2.75, 3.05) is 0 Å². The van der Waals surface area contributed by atoms with Crippen molar-refractivity contribution in [3.05, 3.63) is 42.5 Å². The van der Waals surface area contributed by atoms with Crippen LogP contribution in [0.5, 0.6) is 0 Å². The fourth-order valence-electron chi connectivity index (χ4n) is 2.19. The third-order valence-electron chi connectivity index (χ3n) is 3.44. The summed E-state index contributed by atoms with van der Waals surface area (Å²) in [5.41, 5.74) is 1.59. The van der Waals surface area contributed by atoms with Crippen molar-refractivity contribution in [2.45, 2.75) is 33.2 Å². The number of nitrogens with zero attached hydrogens (tertiary/aromatic N) is 2. The summed E-state index contributed by atoms with van der Waals surface area (Å²) in [7, 11) is 0. The average molecular weight is 216 g/mol. The second kappa shape index (κ2) is 5.15. The topological polar surface area (TPSA) is 17.8 Å². The molecule has 0 bridgehead atoms. The SMILES string of the molecule is CCC(C)C1=CC=CC(Cn2ccnc2)C1. The maximum atomic E-state index is 4.08. The number of allylic oxidation sites excluding steroid dienone is 4. The fourth-order valence-corrected chi connectivity index (χ4v) is 2.19. The van der Waals surface area contributed by atoms with E-state index in [4.69, 9.17) is 0 Å². The molecule has 0 fully saturated rings. The molecule has 86 valence electrons. The molecule has 0 saturated heterocycles. The van der Waals surface area contributed by atoms with E-state index in [0.717, 1.165) is 12.5 Å². The lowest BCUT2D eigenvalue weighted by atomic mass is 9.86. The summed E-state index contributed by atoms with van der Waals surface area (Å²) in [5.74, 6) is 1.35. The molecule has 2 nitrogen and oxygen atoms in total. The van der Waals surface area contributed by atoms with E-state index in [0.29, 0.717) is 5.92 Å². The van der Waals surface area contributed by atoms with Crippen molar-refractivity contribution in [3.63, 3.8) is 0 Å². The summed E-state index contributed by atoms with van der Waals surface area (Å²) in [4.78, 5) is 4.08. The molecule has 1 heterocycles. The number of rotatable bonds is 4. The molecule has 1 aromatic rings. The number of hydrogen-bond acceptors (Lipinski definition) is 1. The van der Waals surface area contributed by atoms with E-state index in [9.17, 15) is 0 Å². The first-order valence-electron chi connectivity index (χ1n) is 6.12. The van der Waals surface area contributed by atoms with Gasteiger partial charge in [0.1, 0.15) is 0 Å². The van der Waals surface area contributed by atoms with E-state index in [1.54, 1.807) is 5.57 Å². The molecule has 0 amide bonds. The second-order valence-corrected chi connectivity index (χ2v) is 4.66. The van der Waals surface area contributed by atoms with Gasteiger partial charge in [-0.05, 0) is 24.7 Å². The third kappa shape index (κ3) is 2.63. The molecule has 0 radical (unpaired) electrons. The molecule has 1 aliphatic carbocycles. The van der Waals surface area contributed by atoms with Gasteiger partial charge < -0.3 is 4.57 Å². The van der Waals surface area contributed by atoms with Gasteiger partial charge in [0.15, 0.2) is 0 Å². The molecule has 0 aliphatic heterocycles. The summed E-state index contributed by atoms with van der Waals surface area (Å²) >= 11 is 0. The Balaban J connectivity index is 1.96. The van der Waals surface area contributed by atoms with Crippen molar-refractivity contribution in [3.8, 4) is 0 Å². The van der Waals surface area contributed by atoms with Crippen molar-refractivity contribution >= 4 is 0 Å². The highest BCUT2D eigenvalue weighted by atomic mass is 15.0. The zero-order valence-corrected chi connectivity index (χ0v) is 10.1. The molecular formula is C14H20N2. The highest BCUT2D eigenvalue weighted by molar-refractivity contribution is 5.21. The number of hydrogen-bond donors (Lipinski definition) is 0. The van der Waals surface area contributed by atoms with Crippen LogP contribution in [-0.4, -0.2) is 9.55 Å². The van der Waals surface area contributed by atoms with Crippen LogP contribution in [-0.2, 0) is 6.54 Å². The molecule has 2 heteroatoms. The molecule has 0 N–H and O–H groups in total. The maximum absolute atomic E-state index is 4.08. The van der Waals surface area contributed by atoms with Crippen LogP contribution in [0.3, 0.4) is 0 Å². The summed E-state index contributed by atoms with van der Waals surface area (Å²) in [6.45, 7) is 5.62. The van der Waals surface area contributed by atoms with Crippen LogP contribution in [0, 0.1) is 11.8 Å². The van der Waals surface area contributed by atoms with Gasteiger partial charge in [-0.25, -0.2) is 4.98 Å². The average Bonchev–Trinajstić information content (AvgIpc) is 2.81. The molecule has 0 aromatic carbocycles. The quantitative estimate of drug-likeness (QED) is 0.754. The molecule has 2 unspecified atom stereocenters. The zero-order chi connectivity index (χ0) is 11.4. The lowest BCUT2D eigenvalue weighted by molar-refractivity contribution is 0.487. The number of imidazole rings is 1. The van der Waals surface area contributed by atoms with Crippen molar-refractivity contribution in [2.24, 2.45) is 11.8 Å². The molecule has 0 saturated carbocycles. The van der Waals surface area contributed by atoms with E-state index in [1.807, 2.05) is 18.7 Å². The van der Waals surface area contributed by atoms with Crippen molar-refractivity contribution in [1.82, 2.24) is 9.55 Å². The van der Waals surface area contributed by atoms with Crippen LogP contribution in [0.2, 0.25) is 0 Å². The fraction of sp³-hybridized carbons (Fsp3) is 0.500. The summed E-state index contributed by atoms with van der Waals surface area (Å²) in [5, 5.41) is 0. The molecule has 2 rings (SSSR count). The Bertz CT molecular complexity index is 373. The molecule has 1 aromatic heterocycles. The molecule has 16 heavy (non-hydrogen) atoms. The summed E-state index contributed by atoms with van der Waals surface area (Å²) < 4.78 is 2.16. The predicted molar refractivity (Wildman–Crippen MR) is 67.0 cm³/mol. The first-order chi connectivity index (χ1) is 7.79. The van der Waals surface area contributed by atoms with Gasteiger partial charge in [-0.15, -0.1) is 0 Å². The first kappa shape index (κ1) is 11.2. The van der Waals surface area contributed by atoms with E-state index in [-0.39, 0.29) is 0 Å². The summed E-state index contributed by atoms with van der Waals surface area (Å²) in [6, 6.07) is 0. The smallest absolute Gasteiger partial charge is 0.0946 e. The monoisotopic (exact) mass is 216 g/mol. The Hall–Kier alpha value is -1.31. The van der Waals surface area contributed by atoms with E-state index in [1.165, 1.54) is 12.8 Å². The second-order valence-electron chi connectivity index (χ2n) is 4.66. The lowest BCUT2D eigenvalue weighted by Crippen LogP contribution is -2.13. The van der Waals surface area contributed by atoms with Crippen LogP contribution in [0.15, 0.2) is 42.5 Å². The van der Waals surface area contributed by atoms with Crippen LogP contribution in [0.25, 0.3) is 0 Å². The van der Waals surface area contributed by atoms with Crippen LogP contribution >= 0.6 is 0 Å². The minimum Gasteiger partial charge on any atom is -0.337 e.